The number of hydrogen-bond donors (Lipinski definition) is 1. The summed E-state index contributed by atoms with van der Waals surface area (Å²) in [5.74, 6) is 1.25. The van der Waals surface area contributed by atoms with E-state index in [0.717, 1.165) is 0 Å². The van der Waals surface area contributed by atoms with Crippen LogP contribution >= 0.6 is 0 Å². The standard InChI is InChI=1S/C15H25N3/c1-11-17-14-8-3-4-9-15(14)18(11)13-7-5-6-12(10-13)16-2/h12-13,16H,3-10H2,1-2H3. The van der Waals surface area contributed by atoms with E-state index in [4.69, 9.17) is 4.98 Å². The van der Waals surface area contributed by atoms with Gasteiger partial charge in [0, 0.05) is 17.8 Å². The molecule has 2 aliphatic carbocycles. The molecule has 0 aromatic carbocycles. The molecule has 100 valence electrons. The Labute approximate surface area is 110 Å². The first-order chi connectivity index (χ1) is 8.79. The van der Waals surface area contributed by atoms with E-state index < -0.39 is 0 Å². The average molecular weight is 247 g/mol. The molecule has 18 heavy (non-hydrogen) atoms. The number of nitrogens with zero attached hydrogens (tertiary/aromatic N) is 2. The van der Waals surface area contributed by atoms with Gasteiger partial charge in [0.05, 0.1) is 5.69 Å². The number of imidazole rings is 1. The lowest BCUT2D eigenvalue weighted by Crippen LogP contribution is -2.33. The molecule has 0 amide bonds. The lowest BCUT2D eigenvalue weighted by atomic mass is 9.90. The van der Waals surface area contributed by atoms with Gasteiger partial charge in [-0.2, -0.15) is 0 Å². The second-order valence-electron chi connectivity index (χ2n) is 5.94. The summed E-state index contributed by atoms with van der Waals surface area (Å²) < 4.78 is 2.58. The van der Waals surface area contributed by atoms with Gasteiger partial charge in [-0.05, 0) is 65.3 Å². The average Bonchev–Trinajstić information content (AvgIpc) is 2.74. The third-order valence-electron chi connectivity index (χ3n) is 4.77. The highest BCUT2D eigenvalue weighted by Gasteiger charge is 2.27. The highest BCUT2D eigenvalue weighted by molar-refractivity contribution is 5.21. The molecule has 0 spiro atoms. The summed E-state index contributed by atoms with van der Waals surface area (Å²) in [6, 6.07) is 1.38. The van der Waals surface area contributed by atoms with Gasteiger partial charge in [0.15, 0.2) is 0 Å². The van der Waals surface area contributed by atoms with Crippen LogP contribution in [0, 0.1) is 6.92 Å². The summed E-state index contributed by atoms with van der Waals surface area (Å²) in [4.78, 5) is 4.82. The third kappa shape index (κ3) is 2.09. The number of aryl methyl sites for hydroxylation is 2. The van der Waals surface area contributed by atoms with Crippen molar-refractivity contribution in [1.82, 2.24) is 14.9 Å². The Morgan fingerprint density at radius 1 is 1.17 bits per heavy atom. The van der Waals surface area contributed by atoms with Gasteiger partial charge in [0.2, 0.25) is 0 Å². The summed E-state index contributed by atoms with van der Waals surface area (Å²) in [5, 5.41) is 3.46. The molecule has 1 heterocycles. The van der Waals surface area contributed by atoms with E-state index in [1.807, 2.05) is 0 Å². The third-order valence-corrected chi connectivity index (χ3v) is 4.77. The molecule has 2 aliphatic rings. The Balaban J connectivity index is 1.89. The molecule has 3 heteroatoms. The van der Waals surface area contributed by atoms with Gasteiger partial charge >= 0.3 is 0 Å². The predicted molar refractivity (Wildman–Crippen MR) is 74.0 cm³/mol. The smallest absolute Gasteiger partial charge is 0.106 e. The summed E-state index contributed by atoms with van der Waals surface area (Å²) in [6.07, 6.45) is 10.4. The number of nitrogens with one attached hydrogen (secondary N) is 1. The number of hydrogen-bond acceptors (Lipinski definition) is 2. The maximum Gasteiger partial charge on any atom is 0.106 e. The largest absolute Gasteiger partial charge is 0.329 e. The van der Waals surface area contributed by atoms with Crippen LogP contribution in [0.15, 0.2) is 0 Å². The van der Waals surface area contributed by atoms with E-state index >= 15 is 0 Å². The van der Waals surface area contributed by atoms with E-state index in [0.29, 0.717) is 12.1 Å². The zero-order valence-corrected chi connectivity index (χ0v) is 11.7. The van der Waals surface area contributed by atoms with Gasteiger partial charge in [-0.25, -0.2) is 4.98 Å². The van der Waals surface area contributed by atoms with E-state index in [1.54, 1.807) is 5.69 Å². The van der Waals surface area contributed by atoms with E-state index in [2.05, 4.69) is 23.9 Å². The fourth-order valence-corrected chi connectivity index (χ4v) is 3.84. The molecule has 1 N–H and O–H groups in total. The zero-order chi connectivity index (χ0) is 12.5. The molecule has 0 radical (unpaired) electrons. The van der Waals surface area contributed by atoms with Crippen molar-refractivity contribution in [3.05, 3.63) is 17.2 Å². The fourth-order valence-electron chi connectivity index (χ4n) is 3.84. The van der Waals surface area contributed by atoms with E-state index in [-0.39, 0.29) is 0 Å². The van der Waals surface area contributed by atoms with Crippen molar-refractivity contribution >= 4 is 0 Å². The van der Waals surface area contributed by atoms with Gasteiger partial charge in [-0.1, -0.05) is 0 Å². The van der Waals surface area contributed by atoms with Gasteiger partial charge in [0.25, 0.3) is 0 Å². The minimum atomic E-state index is 0.686. The number of aromatic nitrogens is 2. The summed E-state index contributed by atoms with van der Waals surface area (Å²) in [5.41, 5.74) is 2.95. The van der Waals surface area contributed by atoms with Crippen LogP contribution in [0.3, 0.4) is 0 Å². The maximum absolute atomic E-state index is 4.82. The number of fused-ring (bicyclic) bond motifs is 1. The molecule has 3 rings (SSSR count). The molecule has 1 aromatic heterocycles. The zero-order valence-electron chi connectivity index (χ0n) is 11.7. The van der Waals surface area contributed by atoms with Gasteiger partial charge in [0.1, 0.15) is 5.82 Å². The first-order valence-electron chi connectivity index (χ1n) is 7.53. The second kappa shape index (κ2) is 5.04. The van der Waals surface area contributed by atoms with Crippen LogP contribution < -0.4 is 5.32 Å². The quantitative estimate of drug-likeness (QED) is 0.871. The Bertz CT molecular complexity index is 422. The summed E-state index contributed by atoms with van der Waals surface area (Å²) in [6.45, 7) is 2.20. The lowest BCUT2D eigenvalue weighted by molar-refractivity contribution is 0.286. The van der Waals surface area contributed by atoms with Gasteiger partial charge in [-0.15, -0.1) is 0 Å². The maximum atomic E-state index is 4.82. The normalized spacial score (nSPS) is 28.1. The van der Waals surface area contributed by atoms with Crippen molar-refractivity contribution in [2.75, 3.05) is 7.05 Å². The molecule has 1 aromatic rings. The molecule has 0 bridgehead atoms. The Hall–Kier alpha value is -0.830. The Kier molecular flexibility index (Phi) is 3.42. The summed E-state index contributed by atoms with van der Waals surface area (Å²) in [7, 11) is 2.10. The van der Waals surface area contributed by atoms with Gasteiger partial charge < -0.3 is 9.88 Å². The molecule has 2 atom stereocenters. The van der Waals surface area contributed by atoms with Crippen LogP contribution in [0.2, 0.25) is 0 Å². The first-order valence-corrected chi connectivity index (χ1v) is 7.53. The Morgan fingerprint density at radius 2 is 2.00 bits per heavy atom. The van der Waals surface area contributed by atoms with E-state index in [1.165, 1.54) is 62.9 Å². The van der Waals surface area contributed by atoms with Crippen LogP contribution in [-0.2, 0) is 12.8 Å². The van der Waals surface area contributed by atoms with Crippen LogP contribution in [0.4, 0.5) is 0 Å². The Morgan fingerprint density at radius 3 is 2.83 bits per heavy atom. The predicted octanol–water partition coefficient (Wildman–Crippen LogP) is 2.77. The van der Waals surface area contributed by atoms with Crippen molar-refractivity contribution in [3.8, 4) is 0 Å². The highest BCUT2D eigenvalue weighted by atomic mass is 15.1. The van der Waals surface area contributed by atoms with Crippen LogP contribution in [-0.4, -0.2) is 22.6 Å². The minimum absolute atomic E-state index is 0.686. The topological polar surface area (TPSA) is 29.9 Å². The molecular formula is C15H25N3. The molecule has 3 nitrogen and oxygen atoms in total. The fraction of sp³-hybridized carbons (Fsp3) is 0.800. The van der Waals surface area contributed by atoms with Crippen LogP contribution in [0.25, 0.3) is 0 Å². The highest BCUT2D eigenvalue weighted by Crippen LogP contribution is 2.33. The lowest BCUT2D eigenvalue weighted by Gasteiger charge is -2.32. The SMILES string of the molecule is CNC1CCCC(n2c(C)nc3c2CCCC3)C1. The van der Waals surface area contributed by atoms with Crippen molar-refractivity contribution in [1.29, 1.82) is 0 Å². The number of rotatable bonds is 2. The van der Waals surface area contributed by atoms with Crippen molar-refractivity contribution in [3.63, 3.8) is 0 Å². The first kappa shape index (κ1) is 12.2. The van der Waals surface area contributed by atoms with Gasteiger partial charge in [-0.3, -0.25) is 0 Å². The van der Waals surface area contributed by atoms with Crippen LogP contribution in [0.1, 0.15) is 61.8 Å². The van der Waals surface area contributed by atoms with Crippen LogP contribution in [0.5, 0.6) is 0 Å². The minimum Gasteiger partial charge on any atom is -0.329 e. The summed E-state index contributed by atoms with van der Waals surface area (Å²) >= 11 is 0. The van der Waals surface area contributed by atoms with Crippen molar-refractivity contribution < 1.29 is 0 Å². The molecule has 2 unspecified atom stereocenters. The van der Waals surface area contributed by atoms with Crippen molar-refractivity contribution in [2.45, 2.75) is 70.4 Å². The molecule has 1 fully saturated rings. The van der Waals surface area contributed by atoms with Crippen molar-refractivity contribution in [2.24, 2.45) is 0 Å². The van der Waals surface area contributed by atoms with E-state index in [9.17, 15) is 0 Å². The monoisotopic (exact) mass is 247 g/mol. The molecule has 1 saturated carbocycles. The molecule has 0 aliphatic heterocycles. The second-order valence-corrected chi connectivity index (χ2v) is 5.94. The molecule has 0 saturated heterocycles. The molecular weight excluding hydrogens is 222 g/mol.